The first-order valence-corrected chi connectivity index (χ1v) is 5.36. The second-order valence-corrected chi connectivity index (χ2v) is 3.83. The second-order valence-electron chi connectivity index (χ2n) is 3.83. The molecule has 4 nitrogen and oxygen atoms in total. The van der Waals surface area contributed by atoms with Gasteiger partial charge in [-0.2, -0.15) is 5.26 Å². The van der Waals surface area contributed by atoms with Gasteiger partial charge < -0.3 is 9.73 Å². The third-order valence-corrected chi connectivity index (χ3v) is 2.38. The number of rotatable bonds is 3. The van der Waals surface area contributed by atoms with Gasteiger partial charge in [-0.25, -0.2) is 4.98 Å². The number of anilines is 1. The van der Waals surface area contributed by atoms with Crippen LogP contribution in [0.5, 0.6) is 0 Å². The Morgan fingerprint density at radius 2 is 2.12 bits per heavy atom. The Hall–Kier alpha value is -2.28. The lowest BCUT2D eigenvalue weighted by molar-refractivity contribution is 0.490. The highest BCUT2D eigenvalue weighted by Gasteiger charge is 2.05. The standard InChI is InChI=1S/C13H13N3O/c1-9-3-5-11(7-14)13(16-9)15-8-12-6-4-10(2)17-12/h3-6H,8H2,1-2H3,(H,15,16). The first-order chi connectivity index (χ1) is 8.19. The summed E-state index contributed by atoms with van der Waals surface area (Å²) in [6, 6.07) is 9.51. The summed E-state index contributed by atoms with van der Waals surface area (Å²) >= 11 is 0. The summed E-state index contributed by atoms with van der Waals surface area (Å²) in [4.78, 5) is 4.29. The number of pyridine rings is 1. The summed E-state index contributed by atoms with van der Waals surface area (Å²) in [7, 11) is 0. The van der Waals surface area contributed by atoms with Crippen LogP contribution in [0.4, 0.5) is 5.82 Å². The Labute approximate surface area is 99.9 Å². The number of aryl methyl sites for hydroxylation is 2. The number of aromatic nitrogens is 1. The van der Waals surface area contributed by atoms with E-state index in [1.165, 1.54) is 0 Å². The van der Waals surface area contributed by atoms with E-state index in [0.29, 0.717) is 17.9 Å². The Morgan fingerprint density at radius 3 is 2.76 bits per heavy atom. The SMILES string of the molecule is Cc1ccc(C#N)c(NCc2ccc(C)o2)n1. The van der Waals surface area contributed by atoms with E-state index in [1.807, 2.05) is 32.0 Å². The van der Waals surface area contributed by atoms with Crippen LogP contribution in [0, 0.1) is 25.2 Å². The van der Waals surface area contributed by atoms with Crippen LogP contribution < -0.4 is 5.32 Å². The molecule has 2 heterocycles. The lowest BCUT2D eigenvalue weighted by Gasteiger charge is -2.06. The predicted octanol–water partition coefficient (Wildman–Crippen LogP) is 2.78. The van der Waals surface area contributed by atoms with Crippen molar-refractivity contribution in [2.45, 2.75) is 20.4 Å². The van der Waals surface area contributed by atoms with E-state index in [-0.39, 0.29) is 0 Å². The molecule has 0 aromatic carbocycles. The lowest BCUT2D eigenvalue weighted by Crippen LogP contribution is -2.03. The summed E-state index contributed by atoms with van der Waals surface area (Å²) in [5, 5.41) is 12.1. The fourth-order valence-electron chi connectivity index (χ4n) is 1.53. The van der Waals surface area contributed by atoms with E-state index >= 15 is 0 Å². The van der Waals surface area contributed by atoms with Crippen LogP contribution >= 0.6 is 0 Å². The van der Waals surface area contributed by atoms with E-state index < -0.39 is 0 Å². The summed E-state index contributed by atoms with van der Waals surface area (Å²) in [5.74, 6) is 2.30. The lowest BCUT2D eigenvalue weighted by atomic mass is 10.2. The maximum atomic E-state index is 8.96. The van der Waals surface area contributed by atoms with Gasteiger partial charge in [0.2, 0.25) is 0 Å². The molecule has 17 heavy (non-hydrogen) atoms. The van der Waals surface area contributed by atoms with Crippen molar-refractivity contribution < 1.29 is 4.42 Å². The first kappa shape index (κ1) is 11.2. The van der Waals surface area contributed by atoms with Crippen LogP contribution in [0.3, 0.4) is 0 Å². The molecule has 2 aromatic heterocycles. The highest BCUT2D eigenvalue weighted by atomic mass is 16.3. The Morgan fingerprint density at radius 1 is 1.29 bits per heavy atom. The van der Waals surface area contributed by atoms with Gasteiger partial charge in [-0.3, -0.25) is 0 Å². The van der Waals surface area contributed by atoms with Gasteiger partial charge in [-0.1, -0.05) is 0 Å². The molecule has 1 N–H and O–H groups in total. The number of hydrogen-bond acceptors (Lipinski definition) is 4. The highest BCUT2D eigenvalue weighted by Crippen LogP contribution is 2.14. The Bertz CT molecular complexity index is 566. The van der Waals surface area contributed by atoms with Crippen molar-refractivity contribution >= 4 is 5.82 Å². The maximum Gasteiger partial charge on any atom is 0.144 e. The zero-order valence-corrected chi connectivity index (χ0v) is 9.82. The molecule has 0 spiro atoms. The van der Waals surface area contributed by atoms with Gasteiger partial charge in [-0.05, 0) is 38.1 Å². The monoisotopic (exact) mass is 227 g/mol. The minimum Gasteiger partial charge on any atom is -0.465 e. The van der Waals surface area contributed by atoms with Crippen molar-refractivity contribution in [2.75, 3.05) is 5.32 Å². The third kappa shape index (κ3) is 2.64. The molecule has 2 rings (SSSR count). The van der Waals surface area contributed by atoms with Crippen molar-refractivity contribution in [2.24, 2.45) is 0 Å². The van der Waals surface area contributed by atoms with Gasteiger partial charge in [0.25, 0.3) is 0 Å². The van der Waals surface area contributed by atoms with E-state index in [2.05, 4.69) is 16.4 Å². The minimum atomic E-state index is 0.527. The molecule has 0 saturated carbocycles. The molecule has 0 saturated heterocycles. The average molecular weight is 227 g/mol. The molecular formula is C13H13N3O. The van der Waals surface area contributed by atoms with E-state index in [9.17, 15) is 0 Å². The summed E-state index contributed by atoms with van der Waals surface area (Å²) in [5.41, 5.74) is 1.42. The van der Waals surface area contributed by atoms with Crippen molar-refractivity contribution in [3.8, 4) is 6.07 Å². The van der Waals surface area contributed by atoms with Gasteiger partial charge in [0, 0.05) is 5.69 Å². The van der Waals surface area contributed by atoms with Gasteiger partial charge >= 0.3 is 0 Å². The maximum absolute atomic E-state index is 8.96. The van der Waals surface area contributed by atoms with Crippen molar-refractivity contribution in [3.05, 3.63) is 47.0 Å². The predicted molar refractivity (Wildman–Crippen MR) is 64.5 cm³/mol. The van der Waals surface area contributed by atoms with Gasteiger partial charge in [0.05, 0.1) is 12.1 Å². The number of furan rings is 1. The van der Waals surface area contributed by atoms with Crippen LogP contribution in [0.2, 0.25) is 0 Å². The molecule has 0 unspecified atom stereocenters. The average Bonchev–Trinajstić information content (AvgIpc) is 2.73. The van der Waals surface area contributed by atoms with Gasteiger partial charge in [-0.15, -0.1) is 0 Å². The minimum absolute atomic E-state index is 0.527. The fraction of sp³-hybridized carbons (Fsp3) is 0.231. The van der Waals surface area contributed by atoms with Crippen molar-refractivity contribution in [1.29, 1.82) is 5.26 Å². The van der Waals surface area contributed by atoms with Crippen molar-refractivity contribution in [3.63, 3.8) is 0 Å². The smallest absolute Gasteiger partial charge is 0.144 e. The van der Waals surface area contributed by atoms with Crippen LogP contribution in [0.1, 0.15) is 22.8 Å². The molecule has 0 aliphatic rings. The molecule has 0 fully saturated rings. The molecule has 0 aliphatic heterocycles. The normalized spacial score (nSPS) is 9.94. The number of hydrogen-bond donors (Lipinski definition) is 1. The second kappa shape index (κ2) is 4.71. The van der Waals surface area contributed by atoms with Gasteiger partial charge in [0.1, 0.15) is 23.4 Å². The van der Waals surface area contributed by atoms with E-state index in [4.69, 9.17) is 9.68 Å². The molecule has 2 aromatic rings. The zero-order valence-electron chi connectivity index (χ0n) is 9.82. The molecule has 0 atom stereocenters. The molecule has 0 bridgehead atoms. The summed E-state index contributed by atoms with van der Waals surface area (Å²) in [6.45, 7) is 4.32. The highest BCUT2D eigenvalue weighted by molar-refractivity contribution is 5.52. The molecule has 0 amide bonds. The number of nitriles is 1. The van der Waals surface area contributed by atoms with Crippen molar-refractivity contribution in [1.82, 2.24) is 4.98 Å². The molecule has 4 heteroatoms. The quantitative estimate of drug-likeness (QED) is 0.875. The molecule has 86 valence electrons. The van der Waals surface area contributed by atoms with Crippen LogP contribution in [0.15, 0.2) is 28.7 Å². The largest absolute Gasteiger partial charge is 0.465 e. The Kier molecular flexibility index (Phi) is 3.10. The summed E-state index contributed by atoms with van der Waals surface area (Å²) < 4.78 is 5.44. The van der Waals surface area contributed by atoms with E-state index in [0.717, 1.165) is 17.2 Å². The molecular weight excluding hydrogens is 214 g/mol. The molecule has 0 radical (unpaired) electrons. The third-order valence-electron chi connectivity index (χ3n) is 2.38. The van der Waals surface area contributed by atoms with Gasteiger partial charge in [0.15, 0.2) is 0 Å². The fourth-order valence-corrected chi connectivity index (χ4v) is 1.53. The summed E-state index contributed by atoms with van der Waals surface area (Å²) in [6.07, 6.45) is 0. The first-order valence-electron chi connectivity index (χ1n) is 5.36. The Balaban J connectivity index is 2.13. The zero-order chi connectivity index (χ0) is 12.3. The molecule has 0 aliphatic carbocycles. The van der Waals surface area contributed by atoms with Crippen LogP contribution in [-0.2, 0) is 6.54 Å². The van der Waals surface area contributed by atoms with E-state index in [1.54, 1.807) is 6.07 Å². The number of nitrogens with zero attached hydrogens (tertiary/aromatic N) is 2. The topological polar surface area (TPSA) is 61.9 Å². The number of nitrogens with one attached hydrogen (secondary N) is 1. The van der Waals surface area contributed by atoms with Crippen LogP contribution in [0.25, 0.3) is 0 Å². The van der Waals surface area contributed by atoms with Crippen LogP contribution in [-0.4, -0.2) is 4.98 Å².